The minimum Gasteiger partial charge on any atom is -0.347 e. The maximum Gasteiger partial charge on any atom is 0.233 e. The van der Waals surface area contributed by atoms with Gasteiger partial charge >= 0.3 is 0 Å². The Morgan fingerprint density at radius 2 is 1.81 bits per heavy atom. The van der Waals surface area contributed by atoms with Crippen molar-refractivity contribution in [2.75, 3.05) is 26.3 Å². The monoisotopic (exact) mass is 355 g/mol. The van der Waals surface area contributed by atoms with Crippen molar-refractivity contribution in [3.63, 3.8) is 0 Å². The lowest BCUT2D eigenvalue weighted by Crippen LogP contribution is -2.64. The first-order valence-electron chi connectivity index (χ1n) is 10.3. The molecular weight excluding hydrogens is 326 g/mol. The van der Waals surface area contributed by atoms with Crippen LogP contribution in [-0.4, -0.2) is 42.9 Å². The molecule has 1 aromatic rings. The molecule has 5 rings (SSSR count). The largest absolute Gasteiger partial charge is 0.347 e. The summed E-state index contributed by atoms with van der Waals surface area (Å²) in [5.41, 5.74) is 0.782. The van der Waals surface area contributed by atoms with Crippen LogP contribution in [0.3, 0.4) is 0 Å². The molecule has 0 N–H and O–H groups in total. The highest BCUT2D eigenvalue weighted by molar-refractivity contribution is 5.90. The topological polar surface area (TPSA) is 38.8 Å². The van der Waals surface area contributed by atoms with Crippen LogP contribution < -0.4 is 0 Å². The zero-order valence-electron chi connectivity index (χ0n) is 15.7. The fourth-order valence-electron chi connectivity index (χ4n) is 5.84. The van der Waals surface area contributed by atoms with E-state index >= 15 is 0 Å². The highest BCUT2D eigenvalue weighted by Crippen LogP contribution is 2.56. The minimum atomic E-state index is -0.470. The summed E-state index contributed by atoms with van der Waals surface area (Å²) in [6, 6.07) is 10.5. The van der Waals surface area contributed by atoms with Gasteiger partial charge in [0.05, 0.1) is 18.6 Å². The summed E-state index contributed by atoms with van der Waals surface area (Å²) in [5.74, 6) is 1.12. The number of hydrogen-bond donors (Lipinski definition) is 0. The third-order valence-corrected chi connectivity index (χ3v) is 7.42. The van der Waals surface area contributed by atoms with Gasteiger partial charge in [0.1, 0.15) is 0 Å². The SMILES string of the molecule is C[C@H]1[C@@H]2CCN(CC3CC3)C(=O)[C@@]2(c2ccccc2)CCC12OCCO2. The molecule has 0 unspecified atom stereocenters. The zero-order valence-corrected chi connectivity index (χ0v) is 15.7. The normalized spacial score (nSPS) is 36.3. The molecule has 0 radical (unpaired) electrons. The van der Waals surface area contributed by atoms with Crippen molar-refractivity contribution in [3.8, 4) is 0 Å². The van der Waals surface area contributed by atoms with Crippen molar-refractivity contribution in [1.82, 2.24) is 4.90 Å². The minimum absolute atomic E-state index is 0.228. The summed E-state index contributed by atoms with van der Waals surface area (Å²) in [5, 5.41) is 0. The average Bonchev–Trinajstić information content (AvgIpc) is 3.37. The quantitative estimate of drug-likeness (QED) is 0.835. The van der Waals surface area contributed by atoms with Gasteiger partial charge in [-0.1, -0.05) is 37.3 Å². The van der Waals surface area contributed by atoms with E-state index in [-0.39, 0.29) is 11.8 Å². The third kappa shape index (κ3) is 2.38. The maximum atomic E-state index is 13.8. The van der Waals surface area contributed by atoms with Crippen molar-refractivity contribution in [2.45, 2.75) is 50.2 Å². The fraction of sp³-hybridized carbons (Fsp3) is 0.682. The molecule has 0 aromatic heterocycles. The number of amides is 1. The molecule has 4 aliphatic rings. The summed E-state index contributed by atoms with van der Waals surface area (Å²) < 4.78 is 12.2. The van der Waals surface area contributed by atoms with Crippen molar-refractivity contribution in [3.05, 3.63) is 35.9 Å². The number of fused-ring (bicyclic) bond motifs is 1. The van der Waals surface area contributed by atoms with Crippen LogP contribution in [0.25, 0.3) is 0 Å². The smallest absolute Gasteiger partial charge is 0.233 e. The summed E-state index contributed by atoms with van der Waals surface area (Å²) in [6.07, 6.45) is 5.25. The summed E-state index contributed by atoms with van der Waals surface area (Å²) in [4.78, 5) is 16.0. The molecule has 0 bridgehead atoms. The molecule has 4 nitrogen and oxygen atoms in total. The van der Waals surface area contributed by atoms with Crippen molar-refractivity contribution >= 4 is 5.91 Å². The molecule has 1 spiro atoms. The Kier molecular flexibility index (Phi) is 3.91. The first-order valence-corrected chi connectivity index (χ1v) is 10.3. The Morgan fingerprint density at radius 3 is 2.50 bits per heavy atom. The van der Waals surface area contributed by atoms with E-state index in [4.69, 9.17) is 9.47 Å². The third-order valence-electron chi connectivity index (χ3n) is 7.42. The van der Waals surface area contributed by atoms with E-state index in [0.29, 0.717) is 19.1 Å². The van der Waals surface area contributed by atoms with Gasteiger partial charge in [-0.15, -0.1) is 0 Å². The van der Waals surface area contributed by atoms with Gasteiger partial charge in [0.2, 0.25) is 5.91 Å². The molecule has 140 valence electrons. The number of carbonyl (C=O) groups excluding carboxylic acids is 1. The van der Waals surface area contributed by atoms with Crippen molar-refractivity contribution < 1.29 is 14.3 Å². The predicted molar refractivity (Wildman–Crippen MR) is 98.6 cm³/mol. The Hall–Kier alpha value is -1.39. The van der Waals surface area contributed by atoms with Gasteiger partial charge in [0.25, 0.3) is 0 Å². The van der Waals surface area contributed by atoms with Crippen molar-refractivity contribution in [2.24, 2.45) is 17.8 Å². The number of benzene rings is 1. The van der Waals surface area contributed by atoms with Crippen LogP contribution in [0.1, 0.15) is 44.6 Å². The predicted octanol–water partition coefficient (Wildman–Crippen LogP) is 3.36. The lowest BCUT2D eigenvalue weighted by molar-refractivity contribution is -0.238. The average molecular weight is 355 g/mol. The van der Waals surface area contributed by atoms with Gasteiger partial charge in [-0.2, -0.15) is 0 Å². The first-order chi connectivity index (χ1) is 12.7. The van der Waals surface area contributed by atoms with Gasteiger partial charge in [-0.05, 0) is 43.1 Å². The number of likely N-dealkylation sites (tertiary alicyclic amines) is 1. The molecule has 1 aromatic carbocycles. The number of ether oxygens (including phenoxy) is 2. The van der Waals surface area contributed by atoms with E-state index < -0.39 is 11.2 Å². The molecule has 3 atom stereocenters. The summed E-state index contributed by atoms with van der Waals surface area (Å²) >= 11 is 0. The van der Waals surface area contributed by atoms with Crippen LogP contribution in [0.2, 0.25) is 0 Å². The summed E-state index contributed by atoms with van der Waals surface area (Å²) in [7, 11) is 0. The molecule has 4 fully saturated rings. The Bertz CT molecular complexity index is 680. The van der Waals surface area contributed by atoms with Gasteiger partial charge in [-0.3, -0.25) is 4.79 Å². The zero-order chi connectivity index (χ0) is 17.8. The van der Waals surface area contributed by atoms with E-state index in [1.165, 1.54) is 18.4 Å². The van der Waals surface area contributed by atoms with Crippen LogP contribution in [0.15, 0.2) is 30.3 Å². The second kappa shape index (κ2) is 6.07. The number of hydrogen-bond acceptors (Lipinski definition) is 3. The molecule has 26 heavy (non-hydrogen) atoms. The van der Waals surface area contributed by atoms with E-state index in [0.717, 1.165) is 38.3 Å². The van der Waals surface area contributed by atoms with E-state index in [2.05, 4.69) is 36.1 Å². The van der Waals surface area contributed by atoms with Crippen LogP contribution in [-0.2, 0) is 19.7 Å². The van der Waals surface area contributed by atoms with Gasteiger partial charge in [-0.25, -0.2) is 0 Å². The second-order valence-electron chi connectivity index (χ2n) is 8.72. The molecule has 2 saturated heterocycles. The Labute approximate surface area is 155 Å². The standard InChI is InChI=1S/C22H29NO3/c1-16-19-9-12-23(15-17-7-8-17)20(24)21(19,18-5-3-2-4-6-18)10-11-22(16)25-13-14-26-22/h2-6,16-17,19H,7-15H2,1H3/t16-,19-,21+/m0/s1. The van der Waals surface area contributed by atoms with Crippen LogP contribution >= 0.6 is 0 Å². The number of carbonyl (C=O) groups is 1. The van der Waals surface area contributed by atoms with Crippen LogP contribution in [0.4, 0.5) is 0 Å². The first kappa shape index (κ1) is 16.8. The molecule has 2 heterocycles. The Balaban J connectivity index is 1.55. The molecule has 2 saturated carbocycles. The van der Waals surface area contributed by atoms with E-state index in [1.807, 2.05) is 6.07 Å². The Morgan fingerprint density at radius 1 is 1.08 bits per heavy atom. The number of rotatable bonds is 3. The van der Waals surface area contributed by atoms with E-state index in [9.17, 15) is 4.79 Å². The molecule has 1 amide bonds. The highest BCUT2D eigenvalue weighted by atomic mass is 16.7. The second-order valence-corrected chi connectivity index (χ2v) is 8.72. The maximum absolute atomic E-state index is 13.8. The van der Waals surface area contributed by atoms with E-state index in [1.54, 1.807) is 0 Å². The van der Waals surface area contributed by atoms with Gasteiger partial charge in [0.15, 0.2) is 5.79 Å². The van der Waals surface area contributed by atoms with Gasteiger partial charge < -0.3 is 14.4 Å². The molecule has 2 aliphatic carbocycles. The molecule has 2 aliphatic heterocycles. The molecular formula is C22H29NO3. The summed E-state index contributed by atoms with van der Waals surface area (Å²) in [6.45, 7) is 5.44. The van der Waals surface area contributed by atoms with Crippen molar-refractivity contribution in [1.29, 1.82) is 0 Å². The highest BCUT2D eigenvalue weighted by Gasteiger charge is 2.62. The molecule has 4 heteroatoms. The number of nitrogens with zero attached hydrogens (tertiary/aromatic N) is 1. The van der Waals surface area contributed by atoms with Crippen LogP contribution in [0, 0.1) is 17.8 Å². The van der Waals surface area contributed by atoms with Gasteiger partial charge in [0, 0.05) is 25.4 Å². The number of piperidine rings is 1. The lowest BCUT2D eigenvalue weighted by Gasteiger charge is -2.56. The lowest BCUT2D eigenvalue weighted by atomic mass is 9.54. The fourth-order valence-corrected chi connectivity index (χ4v) is 5.84. The van der Waals surface area contributed by atoms with Crippen LogP contribution in [0.5, 0.6) is 0 Å².